The molecule has 31 heavy (non-hydrogen) atoms. The van der Waals surface area contributed by atoms with Crippen LogP contribution in [0, 0.1) is 0 Å². The van der Waals surface area contributed by atoms with E-state index in [9.17, 15) is 4.79 Å². The molecule has 0 saturated heterocycles. The Kier molecular flexibility index (Phi) is 6.38. The molecule has 6 nitrogen and oxygen atoms in total. The van der Waals surface area contributed by atoms with Gasteiger partial charge in [0.2, 0.25) is 0 Å². The fourth-order valence-corrected chi connectivity index (χ4v) is 3.34. The molecule has 0 spiro atoms. The number of hydrogen-bond acceptors (Lipinski definition) is 4. The third-order valence-electron chi connectivity index (χ3n) is 4.91. The van der Waals surface area contributed by atoms with E-state index in [2.05, 4.69) is 15.4 Å². The van der Waals surface area contributed by atoms with Crippen molar-refractivity contribution in [3.8, 4) is 11.6 Å². The molecule has 2 heterocycles. The van der Waals surface area contributed by atoms with Crippen molar-refractivity contribution in [1.29, 1.82) is 0 Å². The van der Waals surface area contributed by atoms with Crippen LogP contribution in [-0.4, -0.2) is 20.7 Å². The number of nitrogens with zero attached hydrogens (tertiary/aromatic N) is 3. The molecule has 1 amide bonds. The molecule has 0 atom stereocenters. The van der Waals surface area contributed by atoms with Gasteiger partial charge in [-0.15, -0.1) is 0 Å². The zero-order valence-electron chi connectivity index (χ0n) is 17.4. The molecular formula is C25H24N4O2. The van der Waals surface area contributed by atoms with Gasteiger partial charge in [-0.05, 0) is 41.8 Å². The highest BCUT2D eigenvalue weighted by atomic mass is 16.5. The second-order valence-corrected chi connectivity index (χ2v) is 7.06. The van der Waals surface area contributed by atoms with Crippen LogP contribution in [0.4, 0.5) is 0 Å². The highest BCUT2D eigenvalue weighted by molar-refractivity contribution is 5.95. The molecule has 2 aromatic heterocycles. The minimum Gasteiger partial charge on any atom is -0.489 e. The Bertz CT molecular complexity index is 1140. The van der Waals surface area contributed by atoms with Crippen molar-refractivity contribution >= 4 is 5.91 Å². The van der Waals surface area contributed by atoms with Gasteiger partial charge in [-0.25, -0.2) is 9.67 Å². The summed E-state index contributed by atoms with van der Waals surface area (Å²) in [5, 5.41) is 7.36. The lowest BCUT2D eigenvalue weighted by atomic mass is 10.1. The van der Waals surface area contributed by atoms with Crippen molar-refractivity contribution in [3.05, 3.63) is 108 Å². The smallest absolute Gasteiger partial charge is 0.255 e. The quantitative estimate of drug-likeness (QED) is 0.467. The minimum absolute atomic E-state index is 0.158. The van der Waals surface area contributed by atoms with Crippen molar-refractivity contribution in [2.45, 2.75) is 26.5 Å². The second kappa shape index (κ2) is 9.71. The molecule has 1 N–H and O–H groups in total. The lowest BCUT2D eigenvalue weighted by Gasteiger charge is -2.10. The highest BCUT2D eigenvalue weighted by Crippen LogP contribution is 2.17. The number of carbonyl (C=O) groups is 1. The molecule has 0 aliphatic rings. The maximum atomic E-state index is 12.8. The molecule has 0 aliphatic carbocycles. The molecule has 0 fully saturated rings. The lowest BCUT2D eigenvalue weighted by Crippen LogP contribution is -2.23. The van der Waals surface area contributed by atoms with E-state index in [-0.39, 0.29) is 5.91 Å². The summed E-state index contributed by atoms with van der Waals surface area (Å²) >= 11 is 0. The molecule has 2 aromatic carbocycles. The van der Waals surface area contributed by atoms with Crippen LogP contribution in [0.25, 0.3) is 5.82 Å². The van der Waals surface area contributed by atoms with Gasteiger partial charge in [0.1, 0.15) is 12.4 Å². The number of aromatic nitrogens is 3. The van der Waals surface area contributed by atoms with E-state index in [0.29, 0.717) is 31.0 Å². The second-order valence-electron chi connectivity index (χ2n) is 7.06. The third-order valence-corrected chi connectivity index (χ3v) is 4.91. The van der Waals surface area contributed by atoms with Crippen LogP contribution in [0.2, 0.25) is 0 Å². The summed E-state index contributed by atoms with van der Waals surface area (Å²) in [6.07, 6.45) is 3.98. The number of carbonyl (C=O) groups excluding carboxylic acids is 1. The van der Waals surface area contributed by atoms with Crippen molar-refractivity contribution in [1.82, 2.24) is 20.1 Å². The zero-order valence-corrected chi connectivity index (χ0v) is 17.4. The molecule has 4 rings (SSSR count). The Morgan fingerprint density at radius 2 is 1.81 bits per heavy atom. The summed E-state index contributed by atoms with van der Waals surface area (Å²) in [7, 11) is 0. The van der Waals surface area contributed by atoms with Gasteiger partial charge in [0, 0.05) is 12.7 Å². The number of ether oxygens (including phenoxy) is 1. The van der Waals surface area contributed by atoms with Crippen LogP contribution in [0.3, 0.4) is 0 Å². The average molecular weight is 412 g/mol. The van der Waals surface area contributed by atoms with Crippen LogP contribution in [0.5, 0.6) is 5.75 Å². The number of hydrogen-bond donors (Lipinski definition) is 1. The van der Waals surface area contributed by atoms with Crippen molar-refractivity contribution in [2.75, 3.05) is 0 Å². The van der Waals surface area contributed by atoms with Gasteiger partial charge in [-0.1, -0.05) is 55.5 Å². The zero-order chi connectivity index (χ0) is 21.5. The van der Waals surface area contributed by atoms with Crippen LogP contribution >= 0.6 is 0 Å². The van der Waals surface area contributed by atoms with Gasteiger partial charge < -0.3 is 10.1 Å². The Balaban J connectivity index is 1.40. The monoisotopic (exact) mass is 412 g/mol. The highest BCUT2D eigenvalue weighted by Gasteiger charge is 2.17. The summed E-state index contributed by atoms with van der Waals surface area (Å²) < 4.78 is 7.60. The summed E-state index contributed by atoms with van der Waals surface area (Å²) in [5.41, 5.74) is 3.47. The van der Waals surface area contributed by atoms with Crippen LogP contribution < -0.4 is 10.1 Å². The van der Waals surface area contributed by atoms with Crippen LogP contribution in [0.15, 0.2) is 85.2 Å². The van der Waals surface area contributed by atoms with E-state index >= 15 is 0 Å². The standard InChI is InChI=1S/C25H24N4O2/c1-2-23-22(17-28-29(23)24-13-6-7-14-26-24)25(30)27-16-20-11-8-12-21(15-20)31-18-19-9-4-3-5-10-19/h3-15,17H,2,16,18H2,1H3,(H,27,30). The fourth-order valence-electron chi connectivity index (χ4n) is 3.34. The van der Waals surface area contributed by atoms with E-state index in [1.807, 2.05) is 79.7 Å². The minimum atomic E-state index is -0.158. The van der Waals surface area contributed by atoms with Gasteiger partial charge in [0.15, 0.2) is 5.82 Å². The van der Waals surface area contributed by atoms with E-state index in [4.69, 9.17) is 4.74 Å². The maximum Gasteiger partial charge on any atom is 0.255 e. The van der Waals surface area contributed by atoms with Gasteiger partial charge in [0.05, 0.1) is 17.5 Å². The van der Waals surface area contributed by atoms with E-state index in [0.717, 1.165) is 22.6 Å². The lowest BCUT2D eigenvalue weighted by molar-refractivity contribution is 0.0950. The first-order valence-electron chi connectivity index (χ1n) is 10.3. The molecule has 0 unspecified atom stereocenters. The molecule has 0 aliphatic heterocycles. The molecule has 0 radical (unpaired) electrons. The van der Waals surface area contributed by atoms with Gasteiger partial charge >= 0.3 is 0 Å². The summed E-state index contributed by atoms with van der Waals surface area (Å²) in [5.74, 6) is 1.31. The van der Waals surface area contributed by atoms with E-state index < -0.39 is 0 Å². The van der Waals surface area contributed by atoms with Crippen LogP contribution in [0.1, 0.15) is 34.1 Å². The summed E-state index contributed by atoms with van der Waals surface area (Å²) in [4.78, 5) is 17.1. The number of rotatable bonds is 8. The predicted octanol–water partition coefficient (Wildman–Crippen LogP) is 4.34. The Hall–Kier alpha value is -3.93. The average Bonchev–Trinajstić information content (AvgIpc) is 3.27. The Morgan fingerprint density at radius 3 is 2.58 bits per heavy atom. The van der Waals surface area contributed by atoms with Crippen molar-refractivity contribution in [3.63, 3.8) is 0 Å². The number of nitrogens with one attached hydrogen (secondary N) is 1. The molecule has 4 aromatic rings. The molecule has 6 heteroatoms. The largest absolute Gasteiger partial charge is 0.489 e. The summed E-state index contributed by atoms with van der Waals surface area (Å²) in [6, 6.07) is 23.4. The molecule has 0 bridgehead atoms. The number of amides is 1. The fraction of sp³-hybridized carbons (Fsp3) is 0.160. The van der Waals surface area contributed by atoms with Crippen LogP contribution in [-0.2, 0) is 19.6 Å². The van der Waals surface area contributed by atoms with E-state index in [1.54, 1.807) is 17.1 Å². The number of benzene rings is 2. The van der Waals surface area contributed by atoms with Gasteiger partial charge in [-0.3, -0.25) is 4.79 Å². The summed E-state index contributed by atoms with van der Waals surface area (Å²) in [6.45, 7) is 2.91. The normalized spacial score (nSPS) is 10.6. The predicted molar refractivity (Wildman–Crippen MR) is 119 cm³/mol. The first kappa shape index (κ1) is 20.3. The SMILES string of the molecule is CCc1c(C(=O)NCc2cccc(OCc3ccccc3)c2)cnn1-c1ccccn1. The molecule has 156 valence electrons. The van der Waals surface area contributed by atoms with Crippen molar-refractivity contribution in [2.24, 2.45) is 0 Å². The third kappa shape index (κ3) is 4.98. The Morgan fingerprint density at radius 1 is 1.00 bits per heavy atom. The van der Waals surface area contributed by atoms with Crippen molar-refractivity contribution < 1.29 is 9.53 Å². The maximum absolute atomic E-state index is 12.8. The first-order valence-corrected chi connectivity index (χ1v) is 10.3. The Labute approximate surface area is 181 Å². The van der Waals surface area contributed by atoms with E-state index in [1.165, 1.54) is 0 Å². The molecule has 0 saturated carbocycles. The first-order chi connectivity index (χ1) is 15.2. The van der Waals surface area contributed by atoms with Gasteiger partial charge in [0.25, 0.3) is 5.91 Å². The van der Waals surface area contributed by atoms with Gasteiger partial charge in [-0.2, -0.15) is 5.10 Å². The topological polar surface area (TPSA) is 69.0 Å². The molecular weight excluding hydrogens is 388 g/mol. The number of pyridine rings is 1.